The Kier molecular flexibility index (Phi) is 5.19. The number of hydrogen-bond acceptors (Lipinski definition) is 5. The molecule has 0 bridgehead atoms. The van der Waals surface area contributed by atoms with Gasteiger partial charge in [-0.05, 0) is 38.7 Å². The molecule has 6 heteroatoms. The van der Waals surface area contributed by atoms with Gasteiger partial charge in [-0.1, -0.05) is 43.8 Å². The average Bonchev–Trinajstić information content (AvgIpc) is 3.46. The van der Waals surface area contributed by atoms with Gasteiger partial charge in [-0.3, -0.25) is 4.79 Å². The second-order valence-corrected chi connectivity index (χ2v) is 8.73. The van der Waals surface area contributed by atoms with Crippen molar-refractivity contribution >= 4 is 28.6 Å². The molecule has 0 spiro atoms. The number of benzene rings is 1. The predicted molar refractivity (Wildman–Crippen MR) is 104 cm³/mol. The van der Waals surface area contributed by atoms with Crippen LogP contribution < -0.4 is 5.32 Å². The fourth-order valence-corrected chi connectivity index (χ4v) is 3.51. The van der Waals surface area contributed by atoms with Gasteiger partial charge in [-0.2, -0.15) is 5.26 Å². The molecule has 1 saturated carbocycles. The van der Waals surface area contributed by atoms with Gasteiger partial charge < -0.3 is 5.32 Å². The van der Waals surface area contributed by atoms with Crippen molar-refractivity contribution in [3.63, 3.8) is 0 Å². The molecule has 1 N–H and O–H groups in total. The first-order valence-corrected chi connectivity index (χ1v) is 9.88. The maximum absolute atomic E-state index is 12.7. The zero-order valence-electron chi connectivity index (χ0n) is 15.6. The van der Waals surface area contributed by atoms with Crippen LogP contribution in [-0.2, 0) is 4.79 Å². The van der Waals surface area contributed by atoms with Gasteiger partial charge in [-0.15, -0.1) is 0 Å². The van der Waals surface area contributed by atoms with Crippen molar-refractivity contribution in [2.24, 2.45) is 5.92 Å². The molecule has 0 aliphatic heterocycles. The number of para-hydroxylation sites is 1. The minimum Gasteiger partial charge on any atom is -0.337 e. The summed E-state index contributed by atoms with van der Waals surface area (Å²) in [5.41, 5.74) is 0.0438. The molecule has 2 aromatic rings. The topological polar surface area (TPSA) is 78.7 Å². The number of nitrogens with one attached hydrogen (secondary N) is 1. The van der Waals surface area contributed by atoms with Crippen molar-refractivity contribution < 1.29 is 4.79 Å². The highest BCUT2D eigenvalue weighted by atomic mass is 32.2. The number of nitriles is 1. The number of thioether (sulfide) groups is 1. The first-order chi connectivity index (χ1) is 12.3. The molecule has 1 fully saturated rings. The van der Waals surface area contributed by atoms with E-state index in [9.17, 15) is 10.1 Å². The molecule has 0 radical (unpaired) electrons. The molecular formula is C20H24N4OS. The number of fused-ring (bicyclic) bond motifs is 1. The third-order valence-corrected chi connectivity index (χ3v) is 6.06. The van der Waals surface area contributed by atoms with E-state index in [2.05, 4.69) is 16.4 Å². The largest absolute Gasteiger partial charge is 0.337 e. The lowest BCUT2D eigenvalue weighted by molar-refractivity contribution is -0.121. The maximum atomic E-state index is 12.7. The zero-order valence-corrected chi connectivity index (χ0v) is 16.4. The maximum Gasteiger partial charge on any atom is 0.234 e. The Labute approximate surface area is 158 Å². The first-order valence-electron chi connectivity index (χ1n) is 9.00. The fraction of sp³-hybridized carbons (Fsp3) is 0.500. The molecule has 2 atom stereocenters. The molecule has 1 amide bonds. The average molecular weight is 369 g/mol. The van der Waals surface area contributed by atoms with E-state index in [1.807, 2.05) is 45.0 Å². The van der Waals surface area contributed by atoms with Crippen molar-refractivity contribution in [1.29, 1.82) is 5.26 Å². The monoisotopic (exact) mass is 368 g/mol. The highest BCUT2D eigenvalue weighted by Crippen LogP contribution is 2.40. The Morgan fingerprint density at radius 2 is 2.00 bits per heavy atom. The quantitative estimate of drug-likeness (QED) is 0.615. The van der Waals surface area contributed by atoms with E-state index < -0.39 is 5.54 Å². The predicted octanol–water partition coefficient (Wildman–Crippen LogP) is 4.04. The van der Waals surface area contributed by atoms with Crippen LogP contribution in [-0.4, -0.2) is 26.7 Å². The van der Waals surface area contributed by atoms with E-state index in [1.165, 1.54) is 11.8 Å². The summed E-state index contributed by atoms with van der Waals surface area (Å²) in [7, 11) is 0. The van der Waals surface area contributed by atoms with E-state index in [0.29, 0.717) is 5.92 Å². The Morgan fingerprint density at radius 3 is 2.62 bits per heavy atom. The lowest BCUT2D eigenvalue weighted by Gasteiger charge is -2.28. The van der Waals surface area contributed by atoms with Crippen molar-refractivity contribution in [2.45, 2.75) is 62.3 Å². The summed E-state index contributed by atoms with van der Waals surface area (Å²) in [6, 6.07) is 10.1. The van der Waals surface area contributed by atoms with Crippen molar-refractivity contribution in [2.75, 3.05) is 0 Å². The Hall–Kier alpha value is -2.13. The fourth-order valence-electron chi connectivity index (χ4n) is 2.56. The van der Waals surface area contributed by atoms with Crippen molar-refractivity contribution in [3.05, 3.63) is 30.1 Å². The van der Waals surface area contributed by atoms with E-state index in [-0.39, 0.29) is 17.1 Å². The molecule has 3 rings (SSSR count). The Balaban J connectivity index is 1.84. The number of nitrogens with zero attached hydrogens (tertiary/aromatic N) is 3. The van der Waals surface area contributed by atoms with Gasteiger partial charge >= 0.3 is 0 Å². The normalized spacial score (nSPS) is 17.5. The number of rotatable bonds is 6. The Bertz CT molecular complexity index is 872. The summed E-state index contributed by atoms with van der Waals surface area (Å²) < 4.78 is 0. The molecule has 136 valence electrons. The SMILES string of the molecule is CC(C)[C@](C)(C#N)NC(=O)[C@@H](C)Sc1nc(C2CC2)nc2ccccc12. The summed E-state index contributed by atoms with van der Waals surface area (Å²) in [6.45, 7) is 7.48. The third kappa shape index (κ3) is 3.83. The van der Waals surface area contributed by atoms with Crippen LogP contribution in [0.1, 0.15) is 52.3 Å². The van der Waals surface area contributed by atoms with Gasteiger partial charge in [0.05, 0.1) is 16.8 Å². The summed E-state index contributed by atoms with van der Waals surface area (Å²) in [6.07, 6.45) is 2.26. The standard InChI is InChI=1S/C20H24N4OS/c1-12(2)20(4,11-21)24-18(25)13(3)26-19-15-7-5-6-8-16(15)22-17(23-19)14-9-10-14/h5-8,12-14H,9-10H2,1-4H3,(H,24,25)/t13-,20+/m1/s1. The molecule has 1 aliphatic rings. The van der Waals surface area contributed by atoms with Gasteiger partial charge in [0.25, 0.3) is 0 Å². The molecule has 1 heterocycles. The Morgan fingerprint density at radius 1 is 1.31 bits per heavy atom. The minimum atomic E-state index is -0.876. The molecule has 1 aromatic heterocycles. The van der Waals surface area contributed by atoms with Crippen LogP contribution in [0.5, 0.6) is 0 Å². The van der Waals surface area contributed by atoms with E-state index in [0.717, 1.165) is 34.6 Å². The van der Waals surface area contributed by atoms with E-state index in [1.54, 1.807) is 6.92 Å². The van der Waals surface area contributed by atoms with Gasteiger partial charge in [0.15, 0.2) is 0 Å². The molecule has 26 heavy (non-hydrogen) atoms. The molecule has 5 nitrogen and oxygen atoms in total. The lowest BCUT2D eigenvalue weighted by Crippen LogP contribution is -2.51. The third-order valence-electron chi connectivity index (χ3n) is 4.96. The van der Waals surface area contributed by atoms with Gasteiger partial charge in [-0.25, -0.2) is 9.97 Å². The van der Waals surface area contributed by atoms with Crippen molar-refractivity contribution in [1.82, 2.24) is 15.3 Å². The van der Waals surface area contributed by atoms with Gasteiger partial charge in [0.1, 0.15) is 16.4 Å². The molecule has 0 unspecified atom stereocenters. The summed E-state index contributed by atoms with van der Waals surface area (Å²) in [4.78, 5) is 22.1. The number of aromatic nitrogens is 2. The number of hydrogen-bond donors (Lipinski definition) is 1. The van der Waals surface area contributed by atoms with Crippen LogP contribution in [0.2, 0.25) is 0 Å². The van der Waals surface area contributed by atoms with Crippen LogP contribution in [0.3, 0.4) is 0 Å². The van der Waals surface area contributed by atoms with Crippen LogP contribution >= 0.6 is 11.8 Å². The number of amides is 1. The van der Waals surface area contributed by atoms with E-state index in [4.69, 9.17) is 4.98 Å². The minimum absolute atomic E-state index is 0.0231. The lowest BCUT2D eigenvalue weighted by atomic mass is 9.90. The van der Waals surface area contributed by atoms with Crippen LogP contribution in [0.15, 0.2) is 29.3 Å². The first kappa shape index (κ1) is 18.7. The highest BCUT2D eigenvalue weighted by molar-refractivity contribution is 8.00. The van der Waals surface area contributed by atoms with Crippen LogP contribution in [0, 0.1) is 17.2 Å². The smallest absolute Gasteiger partial charge is 0.234 e. The molecule has 1 aliphatic carbocycles. The van der Waals surface area contributed by atoms with Crippen LogP contribution in [0.25, 0.3) is 10.9 Å². The molecular weight excluding hydrogens is 344 g/mol. The second kappa shape index (κ2) is 7.24. The van der Waals surface area contributed by atoms with Crippen LogP contribution in [0.4, 0.5) is 0 Å². The van der Waals surface area contributed by atoms with Gasteiger partial charge in [0.2, 0.25) is 5.91 Å². The summed E-state index contributed by atoms with van der Waals surface area (Å²) >= 11 is 1.43. The summed E-state index contributed by atoms with van der Waals surface area (Å²) in [5.74, 6) is 1.20. The van der Waals surface area contributed by atoms with Gasteiger partial charge in [0, 0.05) is 11.3 Å². The molecule has 0 saturated heterocycles. The van der Waals surface area contributed by atoms with Crippen molar-refractivity contribution in [3.8, 4) is 6.07 Å². The second-order valence-electron chi connectivity index (χ2n) is 7.40. The number of carbonyl (C=O) groups is 1. The number of carbonyl (C=O) groups excluding carboxylic acids is 1. The summed E-state index contributed by atoms with van der Waals surface area (Å²) in [5, 5.41) is 13.8. The van der Waals surface area contributed by atoms with E-state index >= 15 is 0 Å². The highest BCUT2D eigenvalue weighted by Gasteiger charge is 2.32. The zero-order chi connectivity index (χ0) is 18.9. The molecule has 1 aromatic carbocycles.